The van der Waals surface area contributed by atoms with Crippen molar-refractivity contribution < 1.29 is 9.59 Å². The van der Waals surface area contributed by atoms with E-state index in [9.17, 15) is 9.59 Å². The maximum Gasteiger partial charge on any atom is 0.266 e. The number of carbonyl (C=O) groups excluding carboxylic acids is 2. The Bertz CT molecular complexity index is 393. The van der Waals surface area contributed by atoms with Crippen molar-refractivity contribution in [1.29, 1.82) is 0 Å². The van der Waals surface area contributed by atoms with Crippen molar-refractivity contribution in [2.24, 2.45) is 5.84 Å². The molecule has 6 heteroatoms. The number of carbonyl (C=O) groups is 2. The standard InChI is InChI=1S/C8H6Cl2N2O2/c9-6-2-1-4(8(14)12-11)7(10)5(6)3-13/h1-3H,11H2,(H,12,14). The van der Waals surface area contributed by atoms with Crippen LogP contribution in [0.3, 0.4) is 0 Å². The fourth-order valence-electron chi connectivity index (χ4n) is 0.931. The first-order valence-electron chi connectivity index (χ1n) is 3.56. The molecular weight excluding hydrogens is 227 g/mol. The zero-order chi connectivity index (χ0) is 10.7. The van der Waals surface area contributed by atoms with Gasteiger partial charge in [0.25, 0.3) is 5.91 Å². The van der Waals surface area contributed by atoms with Gasteiger partial charge in [-0.05, 0) is 12.1 Å². The summed E-state index contributed by atoms with van der Waals surface area (Å²) in [4.78, 5) is 21.7. The van der Waals surface area contributed by atoms with Crippen molar-refractivity contribution in [2.75, 3.05) is 0 Å². The lowest BCUT2D eigenvalue weighted by atomic mass is 10.1. The highest BCUT2D eigenvalue weighted by Gasteiger charge is 2.14. The third-order valence-electron chi connectivity index (χ3n) is 1.62. The van der Waals surface area contributed by atoms with Gasteiger partial charge in [0.2, 0.25) is 0 Å². The first-order chi connectivity index (χ1) is 6.61. The van der Waals surface area contributed by atoms with E-state index < -0.39 is 5.91 Å². The van der Waals surface area contributed by atoms with Crippen LogP contribution in [0.2, 0.25) is 10.0 Å². The van der Waals surface area contributed by atoms with E-state index in [4.69, 9.17) is 29.0 Å². The fourth-order valence-corrected chi connectivity index (χ4v) is 1.48. The van der Waals surface area contributed by atoms with Crippen LogP contribution in [0.15, 0.2) is 12.1 Å². The smallest absolute Gasteiger partial charge is 0.266 e. The molecule has 1 aromatic rings. The van der Waals surface area contributed by atoms with E-state index in [0.29, 0.717) is 6.29 Å². The highest BCUT2D eigenvalue weighted by Crippen LogP contribution is 2.26. The number of halogens is 2. The third kappa shape index (κ3) is 1.87. The summed E-state index contributed by atoms with van der Waals surface area (Å²) < 4.78 is 0. The normalized spacial score (nSPS) is 9.64. The number of amides is 1. The number of hydrogen-bond donors (Lipinski definition) is 2. The van der Waals surface area contributed by atoms with E-state index in [1.54, 1.807) is 0 Å². The number of aldehydes is 1. The van der Waals surface area contributed by atoms with Gasteiger partial charge in [-0.15, -0.1) is 0 Å². The van der Waals surface area contributed by atoms with Gasteiger partial charge in [0, 0.05) is 0 Å². The molecule has 0 aliphatic heterocycles. The van der Waals surface area contributed by atoms with E-state index in [1.807, 2.05) is 5.43 Å². The number of nitrogens with one attached hydrogen (secondary N) is 1. The topological polar surface area (TPSA) is 72.2 Å². The van der Waals surface area contributed by atoms with Crippen LogP contribution < -0.4 is 11.3 Å². The SMILES string of the molecule is NNC(=O)c1ccc(Cl)c(C=O)c1Cl. The second-order valence-electron chi connectivity index (χ2n) is 2.41. The maximum atomic E-state index is 11.1. The summed E-state index contributed by atoms with van der Waals surface area (Å²) >= 11 is 11.4. The largest absolute Gasteiger partial charge is 0.298 e. The maximum absolute atomic E-state index is 11.1. The Morgan fingerprint density at radius 2 is 2.07 bits per heavy atom. The summed E-state index contributed by atoms with van der Waals surface area (Å²) in [5.74, 6) is 4.35. The summed E-state index contributed by atoms with van der Waals surface area (Å²) in [5, 5.41) is 0.189. The lowest BCUT2D eigenvalue weighted by Gasteiger charge is -2.05. The lowest BCUT2D eigenvalue weighted by Crippen LogP contribution is -2.30. The molecular formula is C8H6Cl2N2O2. The highest BCUT2D eigenvalue weighted by atomic mass is 35.5. The first-order valence-corrected chi connectivity index (χ1v) is 4.31. The molecule has 0 spiro atoms. The third-order valence-corrected chi connectivity index (χ3v) is 2.36. The minimum absolute atomic E-state index is 0.00421. The van der Waals surface area contributed by atoms with Gasteiger partial charge in [-0.2, -0.15) is 0 Å². The molecule has 74 valence electrons. The van der Waals surface area contributed by atoms with E-state index in [2.05, 4.69) is 0 Å². The summed E-state index contributed by atoms with van der Waals surface area (Å²) in [5.41, 5.74) is 2.10. The van der Waals surface area contributed by atoms with Gasteiger partial charge in [-0.3, -0.25) is 15.0 Å². The van der Waals surface area contributed by atoms with Crippen LogP contribution in [-0.4, -0.2) is 12.2 Å². The summed E-state index contributed by atoms with van der Waals surface area (Å²) in [6.07, 6.45) is 0.484. The molecule has 14 heavy (non-hydrogen) atoms. The van der Waals surface area contributed by atoms with Crippen LogP contribution >= 0.6 is 23.2 Å². The van der Waals surface area contributed by atoms with Crippen LogP contribution in [-0.2, 0) is 0 Å². The molecule has 0 saturated heterocycles. The Balaban J connectivity index is 3.35. The van der Waals surface area contributed by atoms with Crippen molar-refractivity contribution in [3.05, 3.63) is 33.3 Å². The molecule has 0 heterocycles. The fraction of sp³-hybridized carbons (Fsp3) is 0. The quantitative estimate of drug-likeness (QED) is 0.351. The Kier molecular flexibility index (Phi) is 3.46. The highest BCUT2D eigenvalue weighted by molar-refractivity contribution is 6.40. The number of nitrogen functional groups attached to an aromatic ring is 1. The van der Waals surface area contributed by atoms with Crippen molar-refractivity contribution >= 4 is 35.4 Å². The summed E-state index contributed by atoms with van der Waals surface area (Å²) in [7, 11) is 0. The molecule has 0 bridgehead atoms. The molecule has 0 aliphatic rings. The van der Waals surface area contributed by atoms with Gasteiger partial charge in [0.05, 0.1) is 21.2 Å². The van der Waals surface area contributed by atoms with Crippen LogP contribution in [0.25, 0.3) is 0 Å². The molecule has 0 atom stereocenters. The van der Waals surface area contributed by atoms with Crippen molar-refractivity contribution in [2.45, 2.75) is 0 Å². The molecule has 4 nitrogen and oxygen atoms in total. The molecule has 0 saturated carbocycles. The van der Waals surface area contributed by atoms with Gasteiger partial charge in [-0.25, -0.2) is 5.84 Å². The predicted molar refractivity (Wildman–Crippen MR) is 53.5 cm³/mol. The molecule has 1 amide bonds. The van der Waals surface area contributed by atoms with Crippen LogP contribution in [0.1, 0.15) is 20.7 Å². The predicted octanol–water partition coefficient (Wildman–Crippen LogP) is 1.41. The number of benzene rings is 1. The van der Waals surface area contributed by atoms with Crippen LogP contribution in [0.5, 0.6) is 0 Å². The zero-order valence-corrected chi connectivity index (χ0v) is 8.39. The molecule has 1 rings (SSSR count). The van der Waals surface area contributed by atoms with Gasteiger partial charge in [0.1, 0.15) is 0 Å². The van der Waals surface area contributed by atoms with Crippen LogP contribution in [0.4, 0.5) is 0 Å². The minimum atomic E-state index is -0.574. The van der Waals surface area contributed by atoms with Gasteiger partial charge < -0.3 is 0 Å². The average molecular weight is 233 g/mol. The molecule has 0 unspecified atom stereocenters. The van der Waals surface area contributed by atoms with E-state index >= 15 is 0 Å². The number of hydrogen-bond acceptors (Lipinski definition) is 3. The molecule has 3 N–H and O–H groups in total. The molecule has 1 aromatic carbocycles. The Hall–Kier alpha value is -1.10. The minimum Gasteiger partial charge on any atom is -0.298 e. The number of hydrazine groups is 1. The summed E-state index contributed by atoms with van der Waals surface area (Å²) in [6.45, 7) is 0. The lowest BCUT2D eigenvalue weighted by molar-refractivity contribution is 0.0954. The van der Waals surface area contributed by atoms with Crippen LogP contribution in [0, 0.1) is 0 Å². The molecule has 0 aliphatic carbocycles. The van der Waals surface area contributed by atoms with E-state index in [1.165, 1.54) is 12.1 Å². The zero-order valence-electron chi connectivity index (χ0n) is 6.88. The Morgan fingerprint density at radius 3 is 2.57 bits per heavy atom. The van der Waals surface area contributed by atoms with Crippen molar-refractivity contribution in [3.8, 4) is 0 Å². The van der Waals surface area contributed by atoms with Crippen molar-refractivity contribution in [3.63, 3.8) is 0 Å². The van der Waals surface area contributed by atoms with Gasteiger partial charge in [0.15, 0.2) is 6.29 Å². The summed E-state index contributed by atoms with van der Waals surface area (Å²) in [6, 6.07) is 2.79. The first kappa shape index (κ1) is 11.0. The molecule has 0 radical (unpaired) electrons. The Morgan fingerprint density at radius 1 is 1.43 bits per heavy atom. The molecule has 0 fully saturated rings. The van der Waals surface area contributed by atoms with Gasteiger partial charge in [-0.1, -0.05) is 23.2 Å². The van der Waals surface area contributed by atoms with Crippen molar-refractivity contribution in [1.82, 2.24) is 5.43 Å². The van der Waals surface area contributed by atoms with Gasteiger partial charge >= 0.3 is 0 Å². The number of nitrogens with two attached hydrogens (primary N) is 1. The average Bonchev–Trinajstić information content (AvgIpc) is 2.18. The number of rotatable bonds is 2. The molecule has 0 aromatic heterocycles. The monoisotopic (exact) mass is 232 g/mol. The second-order valence-corrected chi connectivity index (χ2v) is 3.20. The Labute approximate surface area is 90.0 Å². The second kappa shape index (κ2) is 4.41. The van der Waals surface area contributed by atoms with E-state index in [0.717, 1.165) is 0 Å². The van der Waals surface area contributed by atoms with E-state index in [-0.39, 0.29) is 21.2 Å².